The summed E-state index contributed by atoms with van der Waals surface area (Å²) in [6.07, 6.45) is 8.43. The van der Waals surface area contributed by atoms with E-state index in [0.717, 1.165) is 24.4 Å². The molecule has 0 unspecified atom stereocenters. The van der Waals surface area contributed by atoms with Gasteiger partial charge in [0.2, 0.25) is 0 Å². The number of hydrogen-bond acceptors (Lipinski definition) is 3. The second kappa shape index (κ2) is 7.47. The minimum atomic E-state index is -0.0898. The van der Waals surface area contributed by atoms with Gasteiger partial charge in [0.15, 0.2) is 0 Å². The van der Waals surface area contributed by atoms with Crippen LogP contribution in [-0.2, 0) is 10.2 Å². The molecular weight excluding hydrogens is 356 g/mol. The van der Waals surface area contributed by atoms with Crippen LogP contribution in [0, 0.1) is 0 Å². The Morgan fingerprint density at radius 3 is 1.76 bits per heavy atom. The first-order chi connectivity index (χ1) is 13.9. The van der Waals surface area contributed by atoms with Crippen molar-refractivity contribution in [3.63, 3.8) is 0 Å². The molecule has 4 rings (SSSR count). The van der Waals surface area contributed by atoms with Crippen LogP contribution in [0.4, 0.5) is 11.4 Å². The van der Waals surface area contributed by atoms with Crippen molar-refractivity contribution in [3.8, 4) is 0 Å². The SMILES string of the molecule is CC1=CC=C2CC(c3ccc(N(C)C)cc3)(c3ccc(N(C)C)cc3)CC=C2O1. The molecule has 0 atom stereocenters. The van der Waals surface area contributed by atoms with Gasteiger partial charge in [0.05, 0.1) is 0 Å². The molecule has 3 nitrogen and oxygen atoms in total. The van der Waals surface area contributed by atoms with Crippen molar-refractivity contribution in [2.45, 2.75) is 25.2 Å². The molecule has 3 heteroatoms. The van der Waals surface area contributed by atoms with Crippen molar-refractivity contribution < 1.29 is 4.74 Å². The van der Waals surface area contributed by atoms with Gasteiger partial charge in [0.25, 0.3) is 0 Å². The highest BCUT2D eigenvalue weighted by molar-refractivity contribution is 5.55. The third kappa shape index (κ3) is 3.57. The summed E-state index contributed by atoms with van der Waals surface area (Å²) in [4.78, 5) is 4.29. The Balaban J connectivity index is 1.82. The molecule has 0 bridgehead atoms. The van der Waals surface area contributed by atoms with E-state index in [9.17, 15) is 0 Å². The minimum absolute atomic E-state index is 0.0898. The van der Waals surface area contributed by atoms with E-state index in [0.29, 0.717) is 0 Å². The van der Waals surface area contributed by atoms with Gasteiger partial charge in [-0.2, -0.15) is 0 Å². The summed E-state index contributed by atoms with van der Waals surface area (Å²) in [5.41, 5.74) is 6.32. The average Bonchev–Trinajstić information content (AvgIpc) is 2.73. The quantitative estimate of drug-likeness (QED) is 0.676. The fourth-order valence-corrected chi connectivity index (χ4v) is 4.32. The highest BCUT2D eigenvalue weighted by atomic mass is 16.5. The van der Waals surface area contributed by atoms with Crippen LogP contribution in [-0.4, -0.2) is 28.2 Å². The summed E-state index contributed by atoms with van der Waals surface area (Å²) >= 11 is 0. The molecule has 1 aliphatic heterocycles. The number of fused-ring (bicyclic) bond motifs is 1. The molecule has 0 amide bonds. The van der Waals surface area contributed by atoms with Crippen LogP contribution in [0.15, 0.2) is 83.9 Å². The van der Waals surface area contributed by atoms with Crippen molar-refractivity contribution in [1.82, 2.24) is 0 Å². The first kappa shape index (κ1) is 19.4. The van der Waals surface area contributed by atoms with E-state index in [4.69, 9.17) is 4.74 Å². The van der Waals surface area contributed by atoms with Crippen molar-refractivity contribution in [2.24, 2.45) is 0 Å². The van der Waals surface area contributed by atoms with Gasteiger partial charge >= 0.3 is 0 Å². The van der Waals surface area contributed by atoms with E-state index in [-0.39, 0.29) is 5.41 Å². The molecule has 0 N–H and O–H groups in total. The van der Waals surface area contributed by atoms with Gasteiger partial charge in [-0.1, -0.05) is 30.3 Å². The maximum absolute atomic E-state index is 6.00. The van der Waals surface area contributed by atoms with Gasteiger partial charge in [-0.15, -0.1) is 0 Å². The van der Waals surface area contributed by atoms with Crippen molar-refractivity contribution in [1.29, 1.82) is 0 Å². The molecule has 2 aliphatic rings. The van der Waals surface area contributed by atoms with Gasteiger partial charge in [-0.25, -0.2) is 0 Å². The first-order valence-corrected chi connectivity index (χ1v) is 10.2. The zero-order chi connectivity index (χ0) is 20.6. The molecule has 0 saturated carbocycles. The highest BCUT2D eigenvalue weighted by Crippen LogP contribution is 2.48. The second-order valence-corrected chi connectivity index (χ2v) is 8.49. The van der Waals surface area contributed by atoms with Crippen LogP contribution in [0.1, 0.15) is 30.9 Å². The summed E-state index contributed by atoms with van der Waals surface area (Å²) in [5.74, 6) is 1.98. The number of nitrogens with zero attached hydrogens (tertiary/aromatic N) is 2. The third-order valence-electron chi connectivity index (χ3n) is 6.11. The number of hydrogen-bond donors (Lipinski definition) is 0. The van der Waals surface area contributed by atoms with Gasteiger partial charge < -0.3 is 14.5 Å². The van der Waals surface area contributed by atoms with E-state index in [1.807, 2.05) is 6.92 Å². The molecule has 0 aromatic heterocycles. The Labute approximate surface area is 174 Å². The third-order valence-corrected chi connectivity index (χ3v) is 6.11. The Morgan fingerprint density at radius 2 is 1.28 bits per heavy atom. The molecule has 0 radical (unpaired) electrons. The number of ether oxygens (including phenoxy) is 1. The summed E-state index contributed by atoms with van der Waals surface area (Å²) in [6.45, 7) is 2.01. The van der Waals surface area contributed by atoms with E-state index in [1.54, 1.807) is 0 Å². The smallest absolute Gasteiger partial charge is 0.126 e. The van der Waals surface area contributed by atoms with Gasteiger partial charge in [-0.05, 0) is 72.9 Å². The zero-order valence-corrected chi connectivity index (χ0v) is 18.1. The van der Waals surface area contributed by atoms with Gasteiger partial charge in [-0.3, -0.25) is 0 Å². The predicted molar refractivity (Wildman–Crippen MR) is 123 cm³/mol. The maximum Gasteiger partial charge on any atom is 0.126 e. The summed E-state index contributed by atoms with van der Waals surface area (Å²) in [6, 6.07) is 18.1. The minimum Gasteiger partial charge on any atom is -0.462 e. The summed E-state index contributed by atoms with van der Waals surface area (Å²) in [5, 5.41) is 0. The Morgan fingerprint density at radius 1 is 0.759 bits per heavy atom. The fourth-order valence-electron chi connectivity index (χ4n) is 4.32. The topological polar surface area (TPSA) is 15.7 Å². The van der Waals surface area contributed by atoms with E-state index in [2.05, 4.69) is 105 Å². The summed E-state index contributed by atoms with van der Waals surface area (Å²) in [7, 11) is 8.33. The predicted octanol–water partition coefficient (Wildman–Crippen LogP) is 5.64. The first-order valence-electron chi connectivity index (χ1n) is 10.2. The molecule has 1 heterocycles. The van der Waals surface area contributed by atoms with Crippen LogP contribution >= 0.6 is 0 Å². The largest absolute Gasteiger partial charge is 0.462 e. The molecule has 0 saturated heterocycles. The maximum atomic E-state index is 6.00. The van der Waals surface area contributed by atoms with E-state index in [1.165, 1.54) is 28.1 Å². The normalized spacial score (nSPS) is 17.3. The van der Waals surface area contributed by atoms with Crippen LogP contribution < -0.4 is 9.80 Å². The monoisotopic (exact) mass is 386 g/mol. The van der Waals surface area contributed by atoms with Gasteiger partial charge in [0, 0.05) is 45.0 Å². The summed E-state index contributed by atoms with van der Waals surface area (Å²) < 4.78 is 6.00. The van der Waals surface area contributed by atoms with Crippen LogP contribution in [0.25, 0.3) is 0 Å². The average molecular weight is 387 g/mol. The van der Waals surface area contributed by atoms with Crippen molar-refractivity contribution in [2.75, 3.05) is 38.0 Å². The molecular formula is C26H30N2O. The second-order valence-electron chi connectivity index (χ2n) is 8.49. The lowest BCUT2D eigenvalue weighted by molar-refractivity contribution is 0.291. The molecule has 2 aromatic carbocycles. The standard InChI is InChI=1S/C26H30N2O/c1-19-6-7-20-18-26(17-16-25(20)29-19,21-8-12-23(13-9-21)27(2)3)22-10-14-24(15-11-22)28(4)5/h6-16H,17-18H2,1-5H3. The molecule has 0 spiro atoms. The number of anilines is 2. The van der Waals surface area contributed by atoms with E-state index < -0.39 is 0 Å². The highest BCUT2D eigenvalue weighted by Gasteiger charge is 2.39. The number of benzene rings is 2. The molecule has 0 fully saturated rings. The van der Waals surface area contributed by atoms with Crippen molar-refractivity contribution >= 4 is 11.4 Å². The van der Waals surface area contributed by atoms with E-state index >= 15 is 0 Å². The molecule has 150 valence electrons. The number of allylic oxidation sites excluding steroid dienone is 5. The van der Waals surface area contributed by atoms with Crippen molar-refractivity contribution in [3.05, 3.63) is 95.0 Å². The zero-order valence-electron chi connectivity index (χ0n) is 18.1. The molecule has 29 heavy (non-hydrogen) atoms. The Kier molecular flexibility index (Phi) is 4.99. The fraction of sp³-hybridized carbons (Fsp3) is 0.308. The Hall–Kier alpha value is -2.94. The van der Waals surface area contributed by atoms with Crippen LogP contribution in [0.2, 0.25) is 0 Å². The van der Waals surface area contributed by atoms with Crippen LogP contribution in [0.3, 0.4) is 0 Å². The van der Waals surface area contributed by atoms with Crippen LogP contribution in [0.5, 0.6) is 0 Å². The lowest BCUT2D eigenvalue weighted by Crippen LogP contribution is -2.31. The molecule has 1 aliphatic carbocycles. The lowest BCUT2D eigenvalue weighted by atomic mass is 9.65. The number of rotatable bonds is 4. The van der Waals surface area contributed by atoms with Gasteiger partial charge in [0.1, 0.15) is 11.5 Å². The Bertz CT molecular complexity index is 925. The molecule has 2 aromatic rings. The lowest BCUT2D eigenvalue weighted by Gasteiger charge is -2.40.